The smallest absolute Gasteiger partial charge is 0.293 e. The standard InChI is InChI=1S/C19H14N2O6S/c1-27-16-8-7-14(21(25)26)9-13(16)10-17-18(23)20(19(24)28-17)11-15(22)12-5-3-2-4-6-12/h2-10H,11H2,1H3/b17-10+. The third kappa shape index (κ3) is 3.94. The molecule has 0 radical (unpaired) electrons. The van der Waals surface area contributed by atoms with Gasteiger partial charge in [0.15, 0.2) is 5.78 Å². The van der Waals surface area contributed by atoms with Crippen molar-refractivity contribution in [3.05, 3.63) is 74.7 Å². The van der Waals surface area contributed by atoms with E-state index in [1.807, 2.05) is 0 Å². The minimum absolute atomic E-state index is 0.0599. The maximum absolute atomic E-state index is 12.6. The maximum atomic E-state index is 12.6. The van der Waals surface area contributed by atoms with E-state index in [2.05, 4.69) is 0 Å². The number of Topliss-reactive ketones (excluding diaryl/α,β-unsaturated/α-hetero) is 1. The number of hydrogen-bond acceptors (Lipinski definition) is 7. The van der Waals surface area contributed by atoms with Gasteiger partial charge in [0.1, 0.15) is 5.75 Å². The van der Waals surface area contributed by atoms with Crippen molar-refractivity contribution in [2.75, 3.05) is 13.7 Å². The lowest BCUT2D eigenvalue weighted by atomic mass is 10.1. The molecule has 1 fully saturated rings. The number of carbonyl (C=O) groups excluding carboxylic acids is 3. The van der Waals surface area contributed by atoms with Crippen LogP contribution in [0.5, 0.6) is 5.75 Å². The van der Waals surface area contributed by atoms with E-state index in [-0.39, 0.29) is 28.5 Å². The number of carbonyl (C=O) groups is 3. The molecule has 9 heteroatoms. The number of nitro benzene ring substituents is 1. The first-order chi connectivity index (χ1) is 13.4. The number of nitro groups is 1. The normalized spacial score (nSPS) is 15.2. The van der Waals surface area contributed by atoms with Gasteiger partial charge in [0.05, 0.1) is 23.5 Å². The zero-order valence-corrected chi connectivity index (χ0v) is 15.5. The number of ether oxygens (including phenoxy) is 1. The maximum Gasteiger partial charge on any atom is 0.293 e. The number of amides is 2. The average molecular weight is 398 g/mol. The van der Waals surface area contributed by atoms with Crippen LogP contribution in [0.4, 0.5) is 10.5 Å². The Hall–Kier alpha value is -3.46. The predicted molar refractivity (Wildman–Crippen MR) is 103 cm³/mol. The fourth-order valence-electron chi connectivity index (χ4n) is 2.58. The van der Waals surface area contributed by atoms with Gasteiger partial charge in [0, 0.05) is 23.3 Å². The molecule has 3 rings (SSSR count). The van der Waals surface area contributed by atoms with E-state index in [0.29, 0.717) is 23.1 Å². The molecule has 1 saturated heterocycles. The van der Waals surface area contributed by atoms with E-state index >= 15 is 0 Å². The summed E-state index contributed by atoms with van der Waals surface area (Å²) in [7, 11) is 1.39. The van der Waals surface area contributed by atoms with E-state index in [4.69, 9.17) is 4.74 Å². The summed E-state index contributed by atoms with van der Waals surface area (Å²) in [6.45, 7) is -0.377. The van der Waals surface area contributed by atoms with Crippen LogP contribution in [0.25, 0.3) is 6.08 Å². The fraction of sp³-hybridized carbons (Fsp3) is 0.105. The van der Waals surface area contributed by atoms with Gasteiger partial charge in [-0.25, -0.2) is 0 Å². The highest BCUT2D eigenvalue weighted by Gasteiger charge is 2.36. The molecule has 142 valence electrons. The first-order valence-electron chi connectivity index (χ1n) is 8.06. The number of rotatable bonds is 6. The summed E-state index contributed by atoms with van der Waals surface area (Å²) < 4.78 is 5.16. The van der Waals surface area contributed by atoms with E-state index in [1.165, 1.54) is 31.4 Å². The van der Waals surface area contributed by atoms with Crippen molar-refractivity contribution in [3.63, 3.8) is 0 Å². The van der Waals surface area contributed by atoms with Crippen LogP contribution in [0.2, 0.25) is 0 Å². The van der Waals surface area contributed by atoms with Crippen molar-refractivity contribution in [2.45, 2.75) is 0 Å². The highest BCUT2D eigenvalue weighted by Crippen LogP contribution is 2.35. The number of thioether (sulfide) groups is 1. The van der Waals surface area contributed by atoms with Crippen LogP contribution < -0.4 is 4.74 Å². The van der Waals surface area contributed by atoms with Gasteiger partial charge in [-0.2, -0.15) is 0 Å². The molecule has 1 aliphatic heterocycles. The Labute approximate surface area is 163 Å². The van der Waals surface area contributed by atoms with E-state index in [9.17, 15) is 24.5 Å². The molecule has 28 heavy (non-hydrogen) atoms. The second-order valence-electron chi connectivity index (χ2n) is 5.74. The lowest BCUT2D eigenvalue weighted by Gasteiger charge is -2.11. The highest BCUT2D eigenvalue weighted by atomic mass is 32.2. The van der Waals surface area contributed by atoms with E-state index in [1.54, 1.807) is 30.3 Å². The van der Waals surface area contributed by atoms with Gasteiger partial charge in [-0.15, -0.1) is 0 Å². The first-order valence-corrected chi connectivity index (χ1v) is 8.88. The summed E-state index contributed by atoms with van der Waals surface area (Å²) in [6, 6.07) is 12.3. The Morgan fingerprint density at radius 1 is 1.21 bits per heavy atom. The fourth-order valence-corrected chi connectivity index (χ4v) is 3.41. The minimum Gasteiger partial charge on any atom is -0.496 e. The summed E-state index contributed by atoms with van der Waals surface area (Å²) in [6.07, 6.45) is 1.35. The Balaban J connectivity index is 1.86. The molecule has 0 aromatic heterocycles. The zero-order chi connectivity index (χ0) is 20.3. The second kappa shape index (κ2) is 8.05. The lowest BCUT2D eigenvalue weighted by molar-refractivity contribution is -0.384. The number of benzene rings is 2. The molecular weight excluding hydrogens is 384 g/mol. The van der Waals surface area contributed by atoms with Crippen molar-refractivity contribution in [3.8, 4) is 5.75 Å². The molecule has 0 spiro atoms. The van der Waals surface area contributed by atoms with Crippen molar-refractivity contribution < 1.29 is 24.0 Å². The number of methoxy groups -OCH3 is 1. The molecule has 0 N–H and O–H groups in total. The van der Waals surface area contributed by atoms with Crippen LogP contribution >= 0.6 is 11.8 Å². The molecule has 2 aromatic carbocycles. The molecule has 2 aromatic rings. The van der Waals surface area contributed by atoms with Crippen LogP contribution in [-0.4, -0.2) is 40.4 Å². The molecule has 0 atom stereocenters. The van der Waals surface area contributed by atoms with Gasteiger partial charge in [-0.3, -0.25) is 29.4 Å². The molecule has 0 unspecified atom stereocenters. The number of hydrogen-bond donors (Lipinski definition) is 0. The van der Waals surface area contributed by atoms with Gasteiger partial charge in [0.2, 0.25) is 0 Å². The van der Waals surface area contributed by atoms with Crippen molar-refractivity contribution in [1.82, 2.24) is 4.90 Å². The van der Waals surface area contributed by atoms with Gasteiger partial charge in [-0.05, 0) is 23.9 Å². The number of imide groups is 1. The summed E-state index contributed by atoms with van der Waals surface area (Å²) in [4.78, 5) is 48.5. The topological polar surface area (TPSA) is 107 Å². The Morgan fingerprint density at radius 2 is 1.93 bits per heavy atom. The monoisotopic (exact) mass is 398 g/mol. The van der Waals surface area contributed by atoms with Crippen LogP contribution in [-0.2, 0) is 4.79 Å². The number of non-ortho nitro benzene ring substituents is 1. The second-order valence-corrected chi connectivity index (χ2v) is 6.73. The van der Waals surface area contributed by atoms with E-state index < -0.39 is 16.1 Å². The lowest BCUT2D eigenvalue weighted by Crippen LogP contribution is -2.33. The zero-order valence-electron chi connectivity index (χ0n) is 14.7. The van der Waals surface area contributed by atoms with Crippen LogP contribution in [0.15, 0.2) is 53.4 Å². The minimum atomic E-state index is -0.632. The molecule has 8 nitrogen and oxygen atoms in total. The highest BCUT2D eigenvalue weighted by molar-refractivity contribution is 8.18. The summed E-state index contributed by atoms with van der Waals surface area (Å²) in [5.74, 6) is -0.678. The SMILES string of the molecule is COc1ccc([N+](=O)[O-])cc1/C=C1/SC(=O)N(CC(=O)c2ccccc2)C1=O. The molecule has 1 heterocycles. The van der Waals surface area contributed by atoms with Gasteiger partial charge < -0.3 is 4.74 Å². The number of ketones is 1. The van der Waals surface area contributed by atoms with Gasteiger partial charge in [0.25, 0.3) is 16.8 Å². The third-order valence-electron chi connectivity index (χ3n) is 3.98. The van der Waals surface area contributed by atoms with Crippen molar-refractivity contribution >= 4 is 40.5 Å². The average Bonchev–Trinajstić information content (AvgIpc) is 2.95. The van der Waals surface area contributed by atoms with Crippen LogP contribution in [0, 0.1) is 10.1 Å². The molecule has 2 amide bonds. The quantitative estimate of drug-likeness (QED) is 0.317. The molecule has 1 aliphatic rings. The molecule has 0 saturated carbocycles. The number of nitrogens with zero attached hydrogens (tertiary/aromatic N) is 2. The third-order valence-corrected chi connectivity index (χ3v) is 4.89. The Morgan fingerprint density at radius 3 is 2.57 bits per heavy atom. The predicted octanol–water partition coefficient (Wildman–Crippen LogP) is 3.52. The largest absolute Gasteiger partial charge is 0.496 e. The summed E-state index contributed by atoms with van der Waals surface area (Å²) in [5, 5.41) is 10.4. The molecule has 0 bridgehead atoms. The Kier molecular flexibility index (Phi) is 5.55. The first kappa shape index (κ1) is 19.3. The van der Waals surface area contributed by atoms with Crippen molar-refractivity contribution in [2.24, 2.45) is 0 Å². The Bertz CT molecular complexity index is 1000. The molecule has 0 aliphatic carbocycles. The van der Waals surface area contributed by atoms with E-state index in [0.717, 1.165) is 4.90 Å². The summed E-state index contributed by atoms with van der Waals surface area (Å²) >= 11 is 0.668. The summed E-state index contributed by atoms with van der Waals surface area (Å²) in [5.41, 5.74) is 0.507. The molecular formula is C19H14N2O6S. The van der Waals surface area contributed by atoms with Gasteiger partial charge >= 0.3 is 0 Å². The van der Waals surface area contributed by atoms with Crippen molar-refractivity contribution in [1.29, 1.82) is 0 Å². The van der Waals surface area contributed by atoms with Crippen LogP contribution in [0.3, 0.4) is 0 Å². The van der Waals surface area contributed by atoms with Crippen LogP contribution in [0.1, 0.15) is 15.9 Å². The van der Waals surface area contributed by atoms with Gasteiger partial charge in [-0.1, -0.05) is 30.3 Å².